The van der Waals surface area contributed by atoms with E-state index in [-0.39, 0.29) is 11.7 Å². The van der Waals surface area contributed by atoms with Gasteiger partial charge in [-0.25, -0.2) is 0 Å². The lowest BCUT2D eigenvalue weighted by Crippen LogP contribution is -2.29. The molecule has 0 aromatic rings. The van der Waals surface area contributed by atoms with E-state index in [9.17, 15) is 4.79 Å². The molecule has 0 N–H and O–H groups in total. The first kappa shape index (κ1) is 10.2. The van der Waals surface area contributed by atoms with Crippen molar-refractivity contribution < 1.29 is 4.79 Å². The molecule has 1 aliphatic heterocycles. The van der Waals surface area contributed by atoms with E-state index in [2.05, 4.69) is 20.9 Å². The first-order valence-electron chi connectivity index (χ1n) is 5.66. The minimum absolute atomic E-state index is 0.142. The van der Waals surface area contributed by atoms with Crippen LogP contribution >= 0.6 is 15.9 Å². The Hall–Kier alpha value is -0.960. The van der Waals surface area contributed by atoms with E-state index < -0.39 is 0 Å². The summed E-state index contributed by atoms with van der Waals surface area (Å²) in [5.74, 6) is 0.122. The molecule has 3 heteroatoms. The van der Waals surface area contributed by atoms with Crippen molar-refractivity contribution in [1.29, 1.82) is 0 Å². The van der Waals surface area contributed by atoms with Gasteiger partial charge in [0.25, 0.3) is 0 Å². The number of rotatable bonds is 0. The van der Waals surface area contributed by atoms with Gasteiger partial charge in [-0.1, -0.05) is 22.0 Å². The molecule has 1 unspecified atom stereocenters. The van der Waals surface area contributed by atoms with Crippen molar-refractivity contribution in [1.82, 2.24) is 0 Å². The van der Waals surface area contributed by atoms with Crippen LogP contribution in [0.4, 0.5) is 0 Å². The summed E-state index contributed by atoms with van der Waals surface area (Å²) in [6, 6.07) is 0. The van der Waals surface area contributed by atoms with Crippen LogP contribution in [0, 0.1) is 5.92 Å². The highest BCUT2D eigenvalue weighted by atomic mass is 79.9. The molecule has 2 nitrogen and oxygen atoms in total. The van der Waals surface area contributed by atoms with Crippen LogP contribution in [0.2, 0.25) is 0 Å². The van der Waals surface area contributed by atoms with Gasteiger partial charge in [0.15, 0.2) is 5.78 Å². The van der Waals surface area contributed by atoms with Gasteiger partial charge in [0.1, 0.15) is 0 Å². The number of hydrogen-bond acceptors (Lipinski definition) is 2. The quantitative estimate of drug-likeness (QED) is 0.668. The van der Waals surface area contributed by atoms with Crippen LogP contribution in [0.25, 0.3) is 0 Å². The average molecular weight is 278 g/mol. The minimum Gasteiger partial charge on any atom is -0.293 e. The summed E-state index contributed by atoms with van der Waals surface area (Å²) >= 11 is 3.42. The molecule has 0 aromatic heterocycles. The Balaban J connectivity index is 2.07. The lowest BCUT2D eigenvalue weighted by Gasteiger charge is -2.27. The highest BCUT2D eigenvalue weighted by Gasteiger charge is 2.32. The first-order valence-corrected chi connectivity index (χ1v) is 6.45. The number of allylic oxidation sites excluding steroid dienone is 6. The number of hydrogen-bond donors (Lipinski definition) is 0. The fourth-order valence-corrected chi connectivity index (χ4v) is 2.90. The summed E-state index contributed by atoms with van der Waals surface area (Å²) in [4.78, 5) is 16.9. The molecular formula is C13H12BrNO. The minimum atomic E-state index is -0.142. The second kappa shape index (κ2) is 3.81. The van der Waals surface area contributed by atoms with Gasteiger partial charge in [0.2, 0.25) is 0 Å². The van der Waals surface area contributed by atoms with Gasteiger partial charge in [-0.15, -0.1) is 0 Å². The van der Waals surface area contributed by atoms with Crippen LogP contribution in [-0.2, 0) is 4.79 Å². The Morgan fingerprint density at radius 3 is 2.94 bits per heavy atom. The molecule has 0 bridgehead atoms. The number of halogens is 1. The fraction of sp³-hybridized carbons (Fsp3) is 0.385. The predicted octanol–water partition coefficient (Wildman–Crippen LogP) is 3.30. The molecular weight excluding hydrogens is 266 g/mol. The zero-order valence-electron chi connectivity index (χ0n) is 8.87. The van der Waals surface area contributed by atoms with Crippen LogP contribution in [0.15, 0.2) is 39.0 Å². The van der Waals surface area contributed by atoms with Crippen LogP contribution in [-0.4, -0.2) is 11.5 Å². The zero-order valence-corrected chi connectivity index (χ0v) is 10.5. The highest BCUT2D eigenvalue weighted by molar-refractivity contribution is 9.11. The van der Waals surface area contributed by atoms with Gasteiger partial charge in [-0.2, -0.15) is 0 Å². The fourth-order valence-electron chi connectivity index (χ4n) is 2.51. The van der Waals surface area contributed by atoms with Gasteiger partial charge >= 0.3 is 0 Å². The van der Waals surface area contributed by atoms with E-state index in [1.807, 2.05) is 18.2 Å². The molecule has 3 rings (SSSR count). The van der Waals surface area contributed by atoms with Crippen molar-refractivity contribution in [2.24, 2.45) is 10.9 Å². The van der Waals surface area contributed by atoms with Crippen LogP contribution in [0.5, 0.6) is 0 Å². The smallest absolute Gasteiger partial charge is 0.173 e. The number of ketones is 1. The van der Waals surface area contributed by atoms with Gasteiger partial charge in [0.05, 0.1) is 11.6 Å². The number of fused-ring (bicyclic) bond motifs is 1. The Labute approximate surface area is 103 Å². The SMILES string of the molecule is O=C1C2=C(CCCC2)N=C2C=CC(Br)=CC12. The molecule has 82 valence electrons. The van der Waals surface area contributed by atoms with E-state index in [1.165, 1.54) is 0 Å². The van der Waals surface area contributed by atoms with E-state index in [4.69, 9.17) is 0 Å². The maximum atomic E-state index is 12.3. The van der Waals surface area contributed by atoms with E-state index >= 15 is 0 Å². The molecule has 0 amide bonds. The summed E-state index contributed by atoms with van der Waals surface area (Å²) in [7, 11) is 0. The third-order valence-corrected chi connectivity index (χ3v) is 3.87. The van der Waals surface area contributed by atoms with Crippen molar-refractivity contribution in [3.05, 3.63) is 34.0 Å². The maximum absolute atomic E-state index is 12.3. The maximum Gasteiger partial charge on any atom is 0.173 e. The third-order valence-electron chi connectivity index (χ3n) is 3.34. The largest absolute Gasteiger partial charge is 0.293 e. The summed E-state index contributed by atoms with van der Waals surface area (Å²) in [6.07, 6.45) is 10.0. The molecule has 0 spiro atoms. The molecule has 0 saturated heterocycles. The zero-order chi connectivity index (χ0) is 11.1. The van der Waals surface area contributed by atoms with Crippen molar-refractivity contribution in [2.75, 3.05) is 0 Å². The third kappa shape index (κ3) is 1.54. The van der Waals surface area contributed by atoms with E-state index in [1.54, 1.807) is 0 Å². The van der Waals surface area contributed by atoms with Gasteiger partial charge in [-0.3, -0.25) is 9.79 Å². The Kier molecular flexibility index (Phi) is 2.43. The Bertz CT molecular complexity index is 482. The molecule has 0 fully saturated rings. The lowest BCUT2D eigenvalue weighted by molar-refractivity contribution is -0.116. The van der Waals surface area contributed by atoms with Crippen molar-refractivity contribution in [2.45, 2.75) is 25.7 Å². The van der Waals surface area contributed by atoms with Crippen molar-refractivity contribution >= 4 is 27.4 Å². The number of aliphatic imine (C=N–C) groups is 1. The van der Waals surface area contributed by atoms with Crippen LogP contribution < -0.4 is 0 Å². The molecule has 0 saturated carbocycles. The normalized spacial score (nSPS) is 28.3. The van der Waals surface area contributed by atoms with Gasteiger partial charge in [-0.05, 0) is 37.8 Å². The summed E-state index contributed by atoms with van der Waals surface area (Å²) in [5, 5.41) is 0. The topological polar surface area (TPSA) is 29.4 Å². The van der Waals surface area contributed by atoms with Gasteiger partial charge in [0, 0.05) is 15.8 Å². The Morgan fingerprint density at radius 1 is 1.25 bits per heavy atom. The molecule has 0 radical (unpaired) electrons. The molecule has 1 atom stereocenters. The predicted molar refractivity (Wildman–Crippen MR) is 67.6 cm³/mol. The molecule has 1 heterocycles. The van der Waals surface area contributed by atoms with E-state index in [0.29, 0.717) is 0 Å². The summed E-state index contributed by atoms with van der Waals surface area (Å²) < 4.78 is 0.977. The van der Waals surface area contributed by atoms with Gasteiger partial charge < -0.3 is 0 Å². The van der Waals surface area contributed by atoms with E-state index in [0.717, 1.165) is 47.1 Å². The summed E-state index contributed by atoms with van der Waals surface area (Å²) in [5.41, 5.74) is 2.93. The molecule has 3 aliphatic rings. The summed E-state index contributed by atoms with van der Waals surface area (Å²) in [6.45, 7) is 0. The Morgan fingerprint density at radius 2 is 2.06 bits per heavy atom. The number of Topliss-reactive ketones (excluding diaryl/α,β-unsaturated/α-hetero) is 1. The molecule has 16 heavy (non-hydrogen) atoms. The molecule has 2 aliphatic carbocycles. The lowest BCUT2D eigenvalue weighted by atomic mass is 9.82. The number of carbonyl (C=O) groups excluding carboxylic acids is 1. The highest BCUT2D eigenvalue weighted by Crippen LogP contribution is 2.35. The monoisotopic (exact) mass is 277 g/mol. The van der Waals surface area contributed by atoms with Crippen LogP contribution in [0.3, 0.4) is 0 Å². The number of carbonyl (C=O) groups is 1. The second-order valence-corrected chi connectivity index (χ2v) is 5.31. The average Bonchev–Trinajstić information content (AvgIpc) is 2.31. The van der Waals surface area contributed by atoms with Crippen molar-refractivity contribution in [3.8, 4) is 0 Å². The first-order chi connectivity index (χ1) is 7.75. The standard InChI is InChI=1S/C13H12BrNO/c14-8-5-6-12-10(7-8)13(16)9-3-1-2-4-11(9)15-12/h5-7,10H,1-4H2. The van der Waals surface area contributed by atoms with Crippen LogP contribution in [0.1, 0.15) is 25.7 Å². The number of nitrogens with zero attached hydrogens (tertiary/aromatic N) is 1. The van der Waals surface area contributed by atoms with Crippen molar-refractivity contribution in [3.63, 3.8) is 0 Å². The molecule has 0 aromatic carbocycles. The second-order valence-electron chi connectivity index (χ2n) is 4.40.